The molecule has 0 amide bonds. The molecule has 3 atom stereocenters. The van der Waals surface area contributed by atoms with Crippen molar-refractivity contribution >= 4 is 18.0 Å². The standard InChI is InChI=1S/C26H36O7/c1-23(2,3)31-21(28)20-26(22(29)32-24(4,5)6,33-25(30-20)16-10-11-17-25)19(27)15-14-18-12-8-7-9-13-18/h7-9,12-15,19-20,27H,10-11,16-17H2,1-6H3/b15-14+/t19-,20-,26-/m1/s1. The molecule has 33 heavy (non-hydrogen) atoms. The molecular weight excluding hydrogens is 424 g/mol. The van der Waals surface area contributed by atoms with E-state index >= 15 is 0 Å². The second kappa shape index (κ2) is 9.20. The number of carbonyl (C=O) groups is 2. The van der Waals surface area contributed by atoms with Gasteiger partial charge in [0.2, 0.25) is 11.7 Å². The van der Waals surface area contributed by atoms with Crippen LogP contribution in [-0.2, 0) is 28.5 Å². The van der Waals surface area contributed by atoms with Crippen molar-refractivity contribution in [2.75, 3.05) is 0 Å². The van der Waals surface area contributed by atoms with Crippen LogP contribution in [0.3, 0.4) is 0 Å². The van der Waals surface area contributed by atoms with Gasteiger partial charge in [0.1, 0.15) is 17.3 Å². The van der Waals surface area contributed by atoms with Gasteiger partial charge < -0.3 is 24.1 Å². The van der Waals surface area contributed by atoms with Gasteiger partial charge >= 0.3 is 11.9 Å². The van der Waals surface area contributed by atoms with Crippen molar-refractivity contribution < 1.29 is 33.6 Å². The first-order valence-electron chi connectivity index (χ1n) is 11.5. The molecule has 2 fully saturated rings. The first-order valence-corrected chi connectivity index (χ1v) is 11.5. The Morgan fingerprint density at radius 1 is 1.03 bits per heavy atom. The third-order valence-electron chi connectivity index (χ3n) is 5.49. The van der Waals surface area contributed by atoms with E-state index in [1.165, 1.54) is 6.08 Å². The SMILES string of the molecule is CC(C)(C)OC(=O)[C@H]1OC2(CCCC2)O[C@]1(C(=O)OC(C)(C)C)[C@H](O)/C=C/c1ccccc1. The highest BCUT2D eigenvalue weighted by Gasteiger charge is 2.69. The zero-order chi connectivity index (χ0) is 24.5. The number of benzene rings is 1. The Kier molecular flexibility index (Phi) is 7.08. The van der Waals surface area contributed by atoms with Gasteiger partial charge in [-0.25, -0.2) is 9.59 Å². The average molecular weight is 461 g/mol. The van der Waals surface area contributed by atoms with Crippen LogP contribution in [0.25, 0.3) is 6.08 Å². The van der Waals surface area contributed by atoms with Crippen molar-refractivity contribution in [1.82, 2.24) is 0 Å². The van der Waals surface area contributed by atoms with E-state index in [1.54, 1.807) is 47.6 Å². The molecule has 182 valence electrons. The Morgan fingerprint density at radius 3 is 2.15 bits per heavy atom. The van der Waals surface area contributed by atoms with Crippen molar-refractivity contribution in [2.24, 2.45) is 0 Å². The number of hydrogen-bond acceptors (Lipinski definition) is 7. The first kappa shape index (κ1) is 25.4. The zero-order valence-electron chi connectivity index (χ0n) is 20.4. The van der Waals surface area contributed by atoms with E-state index in [-0.39, 0.29) is 0 Å². The van der Waals surface area contributed by atoms with Crippen LogP contribution in [0.2, 0.25) is 0 Å². The molecule has 1 saturated heterocycles. The van der Waals surface area contributed by atoms with Gasteiger partial charge in [-0.1, -0.05) is 42.5 Å². The monoisotopic (exact) mass is 460 g/mol. The lowest BCUT2D eigenvalue weighted by atomic mass is 9.88. The number of ether oxygens (including phenoxy) is 4. The lowest BCUT2D eigenvalue weighted by Gasteiger charge is -2.36. The number of aliphatic hydroxyl groups excluding tert-OH is 1. The summed E-state index contributed by atoms with van der Waals surface area (Å²) in [6.07, 6.45) is 2.76. The van der Waals surface area contributed by atoms with Crippen molar-refractivity contribution in [2.45, 2.75) is 102 Å². The minimum atomic E-state index is -2.11. The number of rotatable bonds is 5. The highest BCUT2D eigenvalue weighted by Crippen LogP contribution is 2.49. The number of aliphatic hydroxyl groups is 1. The van der Waals surface area contributed by atoms with Gasteiger partial charge in [0.25, 0.3) is 0 Å². The average Bonchev–Trinajstić information content (AvgIpc) is 3.30. The lowest BCUT2D eigenvalue weighted by Crippen LogP contribution is -2.61. The fraction of sp³-hybridized carbons (Fsp3) is 0.615. The summed E-state index contributed by atoms with van der Waals surface area (Å²) in [7, 11) is 0. The summed E-state index contributed by atoms with van der Waals surface area (Å²) < 4.78 is 23.7. The zero-order valence-corrected chi connectivity index (χ0v) is 20.4. The van der Waals surface area contributed by atoms with Crippen LogP contribution in [0.4, 0.5) is 0 Å². The fourth-order valence-corrected chi connectivity index (χ4v) is 4.15. The van der Waals surface area contributed by atoms with Gasteiger partial charge in [-0.2, -0.15) is 0 Å². The smallest absolute Gasteiger partial charge is 0.345 e. The molecule has 0 unspecified atom stereocenters. The molecule has 1 aliphatic heterocycles. The van der Waals surface area contributed by atoms with Gasteiger partial charge in [-0.15, -0.1) is 0 Å². The van der Waals surface area contributed by atoms with Crippen LogP contribution in [0.15, 0.2) is 36.4 Å². The van der Waals surface area contributed by atoms with E-state index in [0.717, 1.165) is 18.4 Å². The Labute approximate surface area is 196 Å². The van der Waals surface area contributed by atoms with Crippen LogP contribution < -0.4 is 0 Å². The van der Waals surface area contributed by atoms with Crippen LogP contribution >= 0.6 is 0 Å². The summed E-state index contributed by atoms with van der Waals surface area (Å²) in [5.41, 5.74) is -2.99. The summed E-state index contributed by atoms with van der Waals surface area (Å²) in [6.45, 7) is 10.3. The van der Waals surface area contributed by atoms with Crippen LogP contribution in [0.1, 0.15) is 72.8 Å². The lowest BCUT2D eigenvalue weighted by molar-refractivity contribution is -0.218. The molecule has 2 aliphatic rings. The van der Waals surface area contributed by atoms with Gasteiger partial charge in [-0.05, 0) is 59.9 Å². The highest BCUT2D eigenvalue weighted by atomic mass is 16.8. The number of esters is 2. The second-order valence-corrected chi connectivity index (χ2v) is 10.8. The van der Waals surface area contributed by atoms with E-state index in [4.69, 9.17) is 18.9 Å². The molecule has 0 radical (unpaired) electrons. The van der Waals surface area contributed by atoms with Gasteiger partial charge in [0, 0.05) is 12.8 Å². The Bertz CT molecular complexity index is 872. The Balaban J connectivity index is 2.07. The van der Waals surface area contributed by atoms with Crippen molar-refractivity contribution in [1.29, 1.82) is 0 Å². The molecule has 0 bridgehead atoms. The predicted octanol–water partition coefficient (Wildman–Crippen LogP) is 4.17. The molecule has 1 N–H and O–H groups in total. The first-order chi connectivity index (χ1) is 15.3. The summed E-state index contributed by atoms with van der Waals surface area (Å²) in [5, 5.41) is 11.4. The topological polar surface area (TPSA) is 91.3 Å². The second-order valence-electron chi connectivity index (χ2n) is 10.8. The molecule has 7 nitrogen and oxygen atoms in total. The molecule has 1 saturated carbocycles. The third kappa shape index (κ3) is 5.83. The van der Waals surface area contributed by atoms with Crippen molar-refractivity contribution in [3.05, 3.63) is 42.0 Å². The molecular formula is C26H36O7. The van der Waals surface area contributed by atoms with Gasteiger partial charge in [-0.3, -0.25) is 0 Å². The fourth-order valence-electron chi connectivity index (χ4n) is 4.15. The largest absolute Gasteiger partial charge is 0.458 e. The quantitative estimate of drug-likeness (QED) is 0.660. The summed E-state index contributed by atoms with van der Waals surface area (Å²) in [6, 6.07) is 9.33. The maximum absolute atomic E-state index is 13.6. The van der Waals surface area contributed by atoms with Crippen LogP contribution in [0, 0.1) is 0 Å². The number of hydrogen-bond donors (Lipinski definition) is 1. The molecule has 1 aromatic rings. The third-order valence-corrected chi connectivity index (χ3v) is 5.49. The number of carbonyl (C=O) groups excluding carboxylic acids is 2. The predicted molar refractivity (Wildman–Crippen MR) is 123 cm³/mol. The van der Waals surface area contributed by atoms with Crippen molar-refractivity contribution in [3.63, 3.8) is 0 Å². The van der Waals surface area contributed by atoms with Gasteiger partial charge in [0.15, 0.2) is 5.79 Å². The normalized spacial score (nSPS) is 26.0. The molecule has 7 heteroatoms. The maximum atomic E-state index is 13.6. The summed E-state index contributed by atoms with van der Waals surface area (Å²) in [5.74, 6) is -2.79. The van der Waals surface area contributed by atoms with E-state index in [2.05, 4.69) is 0 Å². The molecule has 0 aromatic heterocycles. The van der Waals surface area contributed by atoms with Crippen LogP contribution in [-0.4, -0.2) is 51.8 Å². The molecule has 1 aromatic carbocycles. The van der Waals surface area contributed by atoms with Crippen molar-refractivity contribution in [3.8, 4) is 0 Å². The van der Waals surface area contributed by atoms with Crippen LogP contribution in [0.5, 0.6) is 0 Å². The minimum Gasteiger partial charge on any atom is -0.458 e. The maximum Gasteiger partial charge on any atom is 0.345 e. The minimum absolute atomic E-state index is 0.506. The molecule has 3 rings (SSSR count). The van der Waals surface area contributed by atoms with E-state index in [9.17, 15) is 14.7 Å². The molecule has 1 heterocycles. The molecule has 1 spiro atoms. The van der Waals surface area contributed by atoms with E-state index < -0.39 is 46.7 Å². The van der Waals surface area contributed by atoms with E-state index in [0.29, 0.717) is 12.8 Å². The Hall–Kier alpha value is -2.22. The summed E-state index contributed by atoms with van der Waals surface area (Å²) in [4.78, 5) is 26.9. The van der Waals surface area contributed by atoms with Gasteiger partial charge in [0.05, 0.1) is 0 Å². The molecule has 1 aliphatic carbocycles. The summed E-state index contributed by atoms with van der Waals surface area (Å²) >= 11 is 0. The Morgan fingerprint density at radius 2 is 1.61 bits per heavy atom. The van der Waals surface area contributed by atoms with E-state index in [1.807, 2.05) is 30.3 Å². The highest BCUT2D eigenvalue weighted by molar-refractivity contribution is 5.91.